The van der Waals surface area contributed by atoms with E-state index in [-0.39, 0.29) is 18.5 Å². The summed E-state index contributed by atoms with van der Waals surface area (Å²) in [7, 11) is 0. The van der Waals surface area contributed by atoms with E-state index in [0.29, 0.717) is 6.61 Å². The Morgan fingerprint density at radius 3 is 2.82 bits per heavy atom. The van der Waals surface area contributed by atoms with Gasteiger partial charge in [0, 0.05) is 6.42 Å². The smallest absolute Gasteiger partial charge is 0.158 e. The topological polar surface area (TPSA) is 38.4 Å². The Bertz CT molecular complexity index is 142. The van der Waals surface area contributed by atoms with Crippen molar-refractivity contribution < 1.29 is 14.6 Å². The molecule has 1 heterocycles. The van der Waals surface area contributed by atoms with Crippen molar-refractivity contribution in [3.05, 3.63) is 0 Å². The van der Waals surface area contributed by atoms with Crippen LogP contribution in [0, 0.1) is 0 Å². The first-order valence-corrected chi connectivity index (χ1v) is 4.22. The zero-order chi connectivity index (χ0) is 7.73. The first-order valence-electron chi connectivity index (χ1n) is 4.22. The summed E-state index contributed by atoms with van der Waals surface area (Å²) in [5.74, 6) is 0. The van der Waals surface area contributed by atoms with Gasteiger partial charge in [-0.05, 0) is 19.3 Å². The molecule has 1 radical (unpaired) electrons. The molecule has 1 saturated carbocycles. The first-order chi connectivity index (χ1) is 5.35. The van der Waals surface area contributed by atoms with Crippen molar-refractivity contribution in [1.82, 2.24) is 0 Å². The molecule has 2 rings (SSSR count). The number of hydrogen-bond acceptors (Lipinski definition) is 2. The van der Waals surface area contributed by atoms with E-state index in [4.69, 9.17) is 9.47 Å². The molecule has 0 amide bonds. The van der Waals surface area contributed by atoms with Crippen molar-refractivity contribution in [2.45, 2.75) is 37.6 Å². The average molecular weight is 157 g/mol. The van der Waals surface area contributed by atoms with Crippen molar-refractivity contribution in [1.29, 1.82) is 0 Å². The molecule has 1 atom stereocenters. The van der Waals surface area contributed by atoms with E-state index in [1.807, 2.05) is 0 Å². The third-order valence-corrected chi connectivity index (χ3v) is 2.41. The van der Waals surface area contributed by atoms with Gasteiger partial charge in [0.15, 0.2) is 6.29 Å². The van der Waals surface area contributed by atoms with Gasteiger partial charge in [-0.15, -0.1) is 0 Å². The van der Waals surface area contributed by atoms with Gasteiger partial charge < -0.3 is 9.47 Å². The molecule has 1 spiro atoms. The molecule has 1 unspecified atom stereocenters. The summed E-state index contributed by atoms with van der Waals surface area (Å²) < 4.78 is 10.8. The van der Waals surface area contributed by atoms with Crippen LogP contribution in [0.15, 0.2) is 0 Å². The molecule has 0 aromatic carbocycles. The van der Waals surface area contributed by atoms with Crippen LogP contribution < -0.4 is 0 Å². The highest BCUT2D eigenvalue weighted by Gasteiger charge is 2.50. The van der Waals surface area contributed by atoms with Crippen LogP contribution in [0.1, 0.15) is 25.7 Å². The van der Waals surface area contributed by atoms with Crippen molar-refractivity contribution >= 4 is 0 Å². The lowest BCUT2D eigenvalue weighted by molar-refractivity contribution is -0.148. The predicted octanol–water partition coefficient (Wildman–Crippen LogP) is 1.10. The van der Waals surface area contributed by atoms with Crippen LogP contribution in [-0.4, -0.2) is 25.1 Å². The molecule has 63 valence electrons. The molecular formula is C8H13O3. The fourth-order valence-electron chi connectivity index (χ4n) is 1.58. The summed E-state index contributed by atoms with van der Waals surface area (Å²) in [4.78, 5) is 0. The summed E-state index contributed by atoms with van der Waals surface area (Å²) in [5.41, 5.74) is 0.188. The Hall–Kier alpha value is -0.120. The molecule has 1 aliphatic heterocycles. The molecule has 0 N–H and O–H groups in total. The lowest BCUT2D eigenvalue weighted by Gasteiger charge is -2.11. The molecule has 3 heteroatoms. The highest BCUT2D eigenvalue weighted by Crippen LogP contribution is 2.49. The molecule has 3 nitrogen and oxygen atoms in total. The fourth-order valence-corrected chi connectivity index (χ4v) is 1.58. The third kappa shape index (κ3) is 1.55. The van der Waals surface area contributed by atoms with Crippen LogP contribution in [0.25, 0.3) is 0 Å². The Labute approximate surface area is 66.3 Å². The van der Waals surface area contributed by atoms with E-state index >= 15 is 0 Å². The molecule has 2 aliphatic rings. The van der Waals surface area contributed by atoms with Gasteiger partial charge in [-0.3, -0.25) is 0 Å². The molecular weight excluding hydrogens is 144 g/mol. The molecule has 0 aromatic rings. The van der Waals surface area contributed by atoms with Gasteiger partial charge in [-0.2, -0.15) is 0 Å². The van der Waals surface area contributed by atoms with E-state index in [0.717, 1.165) is 12.8 Å². The minimum Gasteiger partial charge on any atom is -0.350 e. The van der Waals surface area contributed by atoms with Gasteiger partial charge >= 0.3 is 0 Å². The fraction of sp³-hybridized carbons (Fsp3) is 1.00. The minimum absolute atomic E-state index is 0.0774. The lowest BCUT2D eigenvalue weighted by atomic mass is 10.2. The summed E-state index contributed by atoms with van der Waals surface area (Å²) in [6, 6.07) is 0. The van der Waals surface area contributed by atoms with Crippen molar-refractivity contribution in [3.63, 3.8) is 0 Å². The van der Waals surface area contributed by atoms with Crippen LogP contribution >= 0.6 is 0 Å². The molecule has 1 saturated heterocycles. The first kappa shape index (κ1) is 7.53. The van der Waals surface area contributed by atoms with Gasteiger partial charge in [0.1, 0.15) is 6.61 Å². The van der Waals surface area contributed by atoms with Crippen LogP contribution in [-0.2, 0) is 14.6 Å². The Morgan fingerprint density at radius 1 is 1.45 bits per heavy atom. The summed E-state index contributed by atoms with van der Waals surface area (Å²) in [5, 5.41) is 10.1. The second-order valence-electron chi connectivity index (χ2n) is 3.34. The number of hydrogen-bond donors (Lipinski definition) is 0. The zero-order valence-electron chi connectivity index (χ0n) is 6.54. The Balaban J connectivity index is 1.72. The average Bonchev–Trinajstić information content (AvgIpc) is 2.61. The SMILES string of the molecule is [O]CCOC1CCC2(CC2)O1. The van der Waals surface area contributed by atoms with E-state index in [1.165, 1.54) is 12.8 Å². The predicted molar refractivity (Wildman–Crippen MR) is 37.6 cm³/mol. The Kier molecular flexibility index (Phi) is 1.87. The summed E-state index contributed by atoms with van der Waals surface area (Å²) in [6.45, 7) is 0.133. The van der Waals surface area contributed by atoms with Crippen molar-refractivity contribution in [2.24, 2.45) is 0 Å². The van der Waals surface area contributed by atoms with Gasteiger partial charge in [0.2, 0.25) is 0 Å². The van der Waals surface area contributed by atoms with Crippen molar-refractivity contribution in [3.8, 4) is 0 Å². The number of ether oxygens (including phenoxy) is 2. The maximum Gasteiger partial charge on any atom is 0.158 e. The van der Waals surface area contributed by atoms with E-state index in [1.54, 1.807) is 0 Å². The monoisotopic (exact) mass is 157 g/mol. The molecule has 11 heavy (non-hydrogen) atoms. The highest BCUT2D eigenvalue weighted by molar-refractivity contribution is 4.99. The molecule has 0 bridgehead atoms. The normalized spacial score (nSPS) is 33.0. The van der Waals surface area contributed by atoms with E-state index in [9.17, 15) is 5.11 Å². The van der Waals surface area contributed by atoms with E-state index in [2.05, 4.69) is 0 Å². The second-order valence-corrected chi connectivity index (χ2v) is 3.34. The van der Waals surface area contributed by atoms with Crippen molar-refractivity contribution in [2.75, 3.05) is 13.2 Å². The van der Waals surface area contributed by atoms with Crippen LogP contribution in [0.2, 0.25) is 0 Å². The quantitative estimate of drug-likeness (QED) is 0.615. The standard InChI is InChI=1S/C8H13O3/c9-5-6-10-7-1-2-8(11-7)3-4-8/h7H,1-6H2. The summed E-state index contributed by atoms with van der Waals surface area (Å²) in [6.07, 6.45) is 4.39. The van der Waals surface area contributed by atoms with Gasteiger partial charge in [-0.1, -0.05) is 0 Å². The van der Waals surface area contributed by atoms with Gasteiger partial charge in [0.25, 0.3) is 0 Å². The maximum absolute atomic E-state index is 10.1. The van der Waals surface area contributed by atoms with Crippen LogP contribution in [0.4, 0.5) is 0 Å². The van der Waals surface area contributed by atoms with E-state index < -0.39 is 0 Å². The van der Waals surface area contributed by atoms with Gasteiger partial charge in [0.05, 0.1) is 12.2 Å². The lowest BCUT2D eigenvalue weighted by Crippen LogP contribution is -2.16. The van der Waals surface area contributed by atoms with Crippen LogP contribution in [0.5, 0.6) is 0 Å². The summed E-state index contributed by atoms with van der Waals surface area (Å²) >= 11 is 0. The third-order valence-electron chi connectivity index (χ3n) is 2.41. The van der Waals surface area contributed by atoms with Gasteiger partial charge in [-0.25, -0.2) is 5.11 Å². The van der Waals surface area contributed by atoms with Crippen LogP contribution in [0.3, 0.4) is 0 Å². The molecule has 0 aromatic heterocycles. The Morgan fingerprint density at radius 2 is 2.27 bits per heavy atom. The maximum atomic E-state index is 10.1. The molecule has 1 aliphatic carbocycles. The second kappa shape index (κ2) is 2.73. The largest absolute Gasteiger partial charge is 0.350 e. The highest BCUT2D eigenvalue weighted by atomic mass is 16.7. The minimum atomic E-state index is -0.160. The molecule has 2 fully saturated rings. The number of rotatable bonds is 3. The zero-order valence-corrected chi connectivity index (χ0v) is 6.54.